The quantitative estimate of drug-likeness (QED) is 0.430. The largest absolute Gasteiger partial charge is 0.490 e. The molecule has 7 heteroatoms. The first kappa shape index (κ1) is 22.3. The summed E-state index contributed by atoms with van der Waals surface area (Å²) in [5, 5.41) is 2.86. The summed E-state index contributed by atoms with van der Waals surface area (Å²) in [7, 11) is 0. The van der Waals surface area contributed by atoms with Crippen molar-refractivity contribution in [3.63, 3.8) is 0 Å². The average molecular weight is 426 g/mol. The zero-order valence-corrected chi connectivity index (χ0v) is 17.8. The van der Waals surface area contributed by atoms with Crippen molar-refractivity contribution >= 4 is 11.6 Å². The second-order valence-electron chi connectivity index (χ2n) is 7.00. The Bertz CT molecular complexity index is 1000. The number of nitrogens with one attached hydrogen (secondary N) is 1. The molecule has 1 aromatic heterocycles. The normalized spacial score (nSPS) is 10.7. The molecule has 0 unspecified atom stereocenters. The highest BCUT2D eigenvalue weighted by atomic mass is 19.1. The third kappa shape index (κ3) is 6.31. The Balaban J connectivity index is 1.59. The van der Waals surface area contributed by atoms with Crippen molar-refractivity contribution in [3.8, 4) is 22.8 Å². The Labute approximate surface area is 181 Å². The molecule has 1 amide bonds. The van der Waals surface area contributed by atoms with Crippen LogP contribution in [0, 0.1) is 5.82 Å². The molecule has 1 heterocycles. The molecule has 0 saturated heterocycles. The molecule has 0 aliphatic heterocycles. The molecule has 0 atom stereocenters. The van der Waals surface area contributed by atoms with E-state index in [1.165, 1.54) is 12.3 Å². The van der Waals surface area contributed by atoms with Crippen molar-refractivity contribution in [3.05, 3.63) is 60.4 Å². The predicted octanol–water partition coefficient (Wildman–Crippen LogP) is 5.63. The van der Waals surface area contributed by atoms with Gasteiger partial charge >= 0.3 is 0 Å². The van der Waals surface area contributed by atoms with Gasteiger partial charge in [0.05, 0.1) is 25.0 Å². The molecule has 0 fully saturated rings. The van der Waals surface area contributed by atoms with Crippen LogP contribution in [0.3, 0.4) is 0 Å². The summed E-state index contributed by atoms with van der Waals surface area (Å²) < 4.78 is 30.9. The van der Waals surface area contributed by atoms with Gasteiger partial charge in [-0.25, -0.2) is 9.37 Å². The van der Waals surface area contributed by atoms with Crippen LogP contribution in [0.2, 0.25) is 0 Å². The number of hydrogen-bond donors (Lipinski definition) is 1. The lowest BCUT2D eigenvalue weighted by atomic mass is 10.2. The summed E-state index contributed by atoms with van der Waals surface area (Å²) in [6, 6.07) is 11.7. The monoisotopic (exact) mass is 426 g/mol. The summed E-state index contributed by atoms with van der Waals surface area (Å²) >= 11 is 0. The van der Waals surface area contributed by atoms with Gasteiger partial charge < -0.3 is 19.2 Å². The Morgan fingerprint density at radius 1 is 1.06 bits per heavy atom. The highest BCUT2D eigenvalue weighted by molar-refractivity contribution is 5.91. The van der Waals surface area contributed by atoms with Gasteiger partial charge in [0, 0.05) is 24.6 Å². The van der Waals surface area contributed by atoms with E-state index in [2.05, 4.69) is 10.3 Å². The summed E-state index contributed by atoms with van der Waals surface area (Å²) in [4.78, 5) is 16.5. The summed E-state index contributed by atoms with van der Waals surface area (Å²) in [5.74, 6) is 1.42. The van der Waals surface area contributed by atoms with E-state index in [1.807, 2.05) is 13.8 Å². The smallest absolute Gasteiger partial charge is 0.224 e. The molecule has 164 valence electrons. The van der Waals surface area contributed by atoms with Crippen LogP contribution in [0.4, 0.5) is 10.1 Å². The molecule has 0 aliphatic rings. The van der Waals surface area contributed by atoms with Crippen LogP contribution in [0.15, 0.2) is 53.1 Å². The number of aryl methyl sites for hydroxylation is 1. The average Bonchev–Trinajstić information content (AvgIpc) is 3.24. The minimum Gasteiger partial charge on any atom is -0.490 e. The van der Waals surface area contributed by atoms with E-state index >= 15 is 0 Å². The molecule has 0 radical (unpaired) electrons. The molecule has 0 bridgehead atoms. The van der Waals surface area contributed by atoms with E-state index in [-0.39, 0.29) is 18.1 Å². The van der Waals surface area contributed by atoms with Crippen LogP contribution in [-0.4, -0.2) is 24.1 Å². The summed E-state index contributed by atoms with van der Waals surface area (Å²) in [6.07, 6.45) is 3.71. The lowest BCUT2D eigenvalue weighted by Crippen LogP contribution is -2.12. The number of nitrogens with zero attached hydrogens (tertiary/aromatic N) is 1. The van der Waals surface area contributed by atoms with Gasteiger partial charge in [-0.2, -0.15) is 0 Å². The van der Waals surface area contributed by atoms with Crippen LogP contribution >= 0.6 is 0 Å². The van der Waals surface area contributed by atoms with Gasteiger partial charge in [-0.05, 0) is 37.1 Å². The van der Waals surface area contributed by atoms with Gasteiger partial charge in [-0.3, -0.25) is 4.79 Å². The molecule has 0 saturated carbocycles. The highest BCUT2D eigenvalue weighted by Crippen LogP contribution is 2.31. The van der Waals surface area contributed by atoms with Crippen molar-refractivity contribution < 1.29 is 23.1 Å². The molecule has 2 aromatic carbocycles. The van der Waals surface area contributed by atoms with Crippen molar-refractivity contribution in [2.75, 3.05) is 18.5 Å². The van der Waals surface area contributed by atoms with Crippen LogP contribution in [0.25, 0.3) is 11.3 Å². The Kier molecular flexibility index (Phi) is 8.04. The van der Waals surface area contributed by atoms with E-state index in [9.17, 15) is 9.18 Å². The standard InChI is InChI=1S/C24H27FN2O4/c1-3-13-29-20-10-9-17(15-21(20)30-14-4-2)27-23(28)11-12-24-26-16-22(31-24)18-7-5-6-8-19(18)25/h5-10,15-16H,3-4,11-14H2,1-2H3,(H,27,28). The van der Waals surface area contributed by atoms with Gasteiger partial charge in [-0.15, -0.1) is 0 Å². The number of rotatable bonds is 11. The third-order valence-corrected chi connectivity index (χ3v) is 4.41. The molecular formula is C24H27FN2O4. The van der Waals surface area contributed by atoms with Crippen molar-refractivity contribution in [2.45, 2.75) is 39.5 Å². The lowest BCUT2D eigenvalue weighted by molar-refractivity contribution is -0.116. The fourth-order valence-electron chi connectivity index (χ4n) is 2.90. The first-order valence-corrected chi connectivity index (χ1v) is 10.5. The molecule has 3 aromatic rings. The maximum Gasteiger partial charge on any atom is 0.224 e. The molecule has 0 spiro atoms. The molecule has 1 N–H and O–H groups in total. The highest BCUT2D eigenvalue weighted by Gasteiger charge is 2.13. The fourth-order valence-corrected chi connectivity index (χ4v) is 2.90. The van der Waals surface area contributed by atoms with E-state index in [0.717, 1.165) is 12.8 Å². The number of ether oxygens (including phenoxy) is 2. The van der Waals surface area contributed by atoms with Gasteiger partial charge in [-0.1, -0.05) is 26.0 Å². The minimum absolute atomic E-state index is 0.177. The topological polar surface area (TPSA) is 73.6 Å². The Morgan fingerprint density at radius 3 is 2.55 bits per heavy atom. The first-order valence-electron chi connectivity index (χ1n) is 10.5. The third-order valence-electron chi connectivity index (χ3n) is 4.41. The number of oxazole rings is 1. The summed E-state index contributed by atoms with van der Waals surface area (Å²) in [5.41, 5.74) is 0.968. The number of carbonyl (C=O) groups is 1. The predicted molar refractivity (Wildman–Crippen MR) is 117 cm³/mol. The molecule has 0 aliphatic carbocycles. The van der Waals surface area contributed by atoms with Crippen LogP contribution in [0.5, 0.6) is 11.5 Å². The number of anilines is 1. The zero-order valence-electron chi connectivity index (χ0n) is 17.8. The molecule has 3 rings (SSSR count). The van der Waals surface area contributed by atoms with Crippen molar-refractivity contribution in [1.29, 1.82) is 0 Å². The Hall–Kier alpha value is -3.35. The van der Waals surface area contributed by atoms with Gasteiger partial charge in [0.15, 0.2) is 23.1 Å². The first-order chi connectivity index (χ1) is 15.1. The number of benzene rings is 2. The zero-order chi connectivity index (χ0) is 22.1. The van der Waals surface area contributed by atoms with Crippen LogP contribution in [0.1, 0.15) is 39.0 Å². The number of amides is 1. The lowest BCUT2D eigenvalue weighted by Gasteiger charge is -2.14. The number of hydrogen-bond acceptors (Lipinski definition) is 5. The van der Waals surface area contributed by atoms with E-state index in [1.54, 1.807) is 36.4 Å². The maximum absolute atomic E-state index is 13.9. The van der Waals surface area contributed by atoms with Gasteiger partial charge in [0.2, 0.25) is 5.91 Å². The van der Waals surface area contributed by atoms with Crippen molar-refractivity contribution in [1.82, 2.24) is 4.98 Å². The van der Waals surface area contributed by atoms with Gasteiger partial charge in [0.25, 0.3) is 0 Å². The van der Waals surface area contributed by atoms with Crippen molar-refractivity contribution in [2.24, 2.45) is 0 Å². The number of carbonyl (C=O) groups excluding carboxylic acids is 1. The van der Waals surface area contributed by atoms with Gasteiger partial charge in [0.1, 0.15) is 5.82 Å². The second kappa shape index (κ2) is 11.2. The second-order valence-corrected chi connectivity index (χ2v) is 7.00. The summed E-state index contributed by atoms with van der Waals surface area (Å²) in [6.45, 7) is 5.22. The van der Waals surface area contributed by atoms with Crippen LogP contribution < -0.4 is 14.8 Å². The van der Waals surface area contributed by atoms with E-state index in [4.69, 9.17) is 13.9 Å². The van der Waals surface area contributed by atoms with Crippen LogP contribution in [-0.2, 0) is 11.2 Å². The number of aromatic nitrogens is 1. The SMILES string of the molecule is CCCOc1ccc(NC(=O)CCc2ncc(-c3ccccc3F)o2)cc1OCCC. The van der Waals surface area contributed by atoms with E-state index < -0.39 is 0 Å². The number of halogens is 1. The molecule has 6 nitrogen and oxygen atoms in total. The minimum atomic E-state index is -0.379. The molecule has 31 heavy (non-hydrogen) atoms. The Morgan fingerprint density at radius 2 is 1.81 bits per heavy atom. The van der Waals surface area contributed by atoms with E-state index in [0.29, 0.717) is 54.0 Å². The fraction of sp³-hybridized carbons (Fsp3) is 0.333. The molecular weight excluding hydrogens is 399 g/mol. The maximum atomic E-state index is 13.9.